The van der Waals surface area contributed by atoms with Gasteiger partial charge in [-0.15, -0.1) is 23.7 Å². The van der Waals surface area contributed by atoms with E-state index in [1.54, 1.807) is 7.11 Å². The minimum atomic E-state index is 0. The predicted octanol–water partition coefficient (Wildman–Crippen LogP) is 2.67. The number of likely N-dealkylation sites (tertiary alicyclic amines) is 1. The van der Waals surface area contributed by atoms with Crippen LogP contribution in [0.2, 0.25) is 0 Å². The number of thiophene rings is 1. The van der Waals surface area contributed by atoms with Gasteiger partial charge >= 0.3 is 0 Å². The Hall–Kier alpha value is -0.300. The van der Waals surface area contributed by atoms with Crippen molar-refractivity contribution in [3.8, 4) is 5.75 Å². The normalized spacial score (nSPS) is 18.3. The summed E-state index contributed by atoms with van der Waals surface area (Å²) in [5, 5.41) is 0. The Kier molecular flexibility index (Phi) is 6.11. The summed E-state index contributed by atoms with van der Waals surface area (Å²) in [5.74, 6) is 1.14. The fraction of sp³-hybridized carbons (Fsp3) is 0.583. The second kappa shape index (κ2) is 6.92. The highest BCUT2D eigenvalue weighted by molar-refractivity contribution is 9.10. The molecule has 1 aromatic rings. The van der Waals surface area contributed by atoms with E-state index in [2.05, 4.69) is 15.9 Å². The van der Waals surface area contributed by atoms with Crippen molar-refractivity contribution in [2.45, 2.75) is 13.3 Å². The molecular weight excluding hydrogens is 352 g/mol. The fourth-order valence-corrected chi connectivity index (χ4v) is 3.90. The van der Waals surface area contributed by atoms with Crippen LogP contribution in [-0.4, -0.2) is 37.6 Å². The second-order valence-corrected chi connectivity index (χ2v) is 6.49. The van der Waals surface area contributed by atoms with Crippen molar-refractivity contribution in [3.63, 3.8) is 0 Å². The molecule has 0 spiro atoms. The summed E-state index contributed by atoms with van der Waals surface area (Å²) < 4.78 is 6.20. The number of methoxy groups -OCH3 is 1. The number of amides is 1. The fourth-order valence-electron chi connectivity index (χ4n) is 2.18. The van der Waals surface area contributed by atoms with Gasteiger partial charge in [0, 0.05) is 18.0 Å². The van der Waals surface area contributed by atoms with Gasteiger partial charge in [0.05, 0.1) is 11.6 Å². The molecule has 108 valence electrons. The molecule has 0 aromatic carbocycles. The number of nitrogens with two attached hydrogens (primary N) is 1. The Labute approximate surface area is 131 Å². The number of halogens is 2. The SMILES string of the molecule is COc1c(C(=O)N2CCC(CN)C2)sc(C)c1Br.Cl. The lowest BCUT2D eigenvalue weighted by Crippen LogP contribution is -2.29. The molecule has 0 bridgehead atoms. The van der Waals surface area contributed by atoms with Gasteiger partial charge in [0.2, 0.25) is 0 Å². The van der Waals surface area contributed by atoms with Gasteiger partial charge < -0.3 is 15.4 Å². The van der Waals surface area contributed by atoms with Crippen molar-refractivity contribution in [1.82, 2.24) is 4.90 Å². The summed E-state index contributed by atoms with van der Waals surface area (Å²) in [6.45, 7) is 4.17. The Morgan fingerprint density at radius 3 is 2.84 bits per heavy atom. The van der Waals surface area contributed by atoms with E-state index in [4.69, 9.17) is 10.5 Å². The molecule has 19 heavy (non-hydrogen) atoms. The van der Waals surface area contributed by atoms with E-state index in [9.17, 15) is 4.79 Å². The average Bonchev–Trinajstić information content (AvgIpc) is 2.95. The molecule has 2 heterocycles. The molecule has 1 saturated heterocycles. The number of ether oxygens (including phenoxy) is 1. The first-order valence-electron chi connectivity index (χ1n) is 5.90. The minimum Gasteiger partial charge on any atom is -0.494 e. The third kappa shape index (κ3) is 3.24. The molecule has 1 unspecified atom stereocenters. The first-order valence-corrected chi connectivity index (χ1v) is 7.51. The summed E-state index contributed by atoms with van der Waals surface area (Å²) in [6.07, 6.45) is 0.996. The molecule has 1 aromatic heterocycles. The van der Waals surface area contributed by atoms with Crippen LogP contribution in [0.5, 0.6) is 5.75 Å². The highest BCUT2D eigenvalue weighted by Gasteiger charge is 2.30. The van der Waals surface area contributed by atoms with Crippen LogP contribution in [0.3, 0.4) is 0 Å². The summed E-state index contributed by atoms with van der Waals surface area (Å²) in [6, 6.07) is 0. The minimum absolute atomic E-state index is 0. The molecule has 1 aliphatic heterocycles. The number of carbonyl (C=O) groups is 1. The molecule has 2 rings (SSSR count). The van der Waals surface area contributed by atoms with Crippen molar-refractivity contribution in [2.24, 2.45) is 11.7 Å². The van der Waals surface area contributed by atoms with Crippen LogP contribution in [0.25, 0.3) is 0 Å². The second-order valence-electron chi connectivity index (χ2n) is 4.48. The Morgan fingerprint density at radius 2 is 2.32 bits per heavy atom. The van der Waals surface area contributed by atoms with Crippen molar-refractivity contribution in [1.29, 1.82) is 0 Å². The number of hydrogen-bond acceptors (Lipinski definition) is 4. The lowest BCUT2D eigenvalue weighted by Gasteiger charge is -2.16. The van der Waals surface area contributed by atoms with Crippen molar-refractivity contribution < 1.29 is 9.53 Å². The Balaban J connectivity index is 0.00000180. The topological polar surface area (TPSA) is 55.6 Å². The zero-order chi connectivity index (χ0) is 13.3. The molecule has 7 heteroatoms. The van der Waals surface area contributed by atoms with Crippen LogP contribution in [-0.2, 0) is 0 Å². The Bertz CT molecular complexity index is 467. The smallest absolute Gasteiger partial charge is 0.267 e. The molecule has 1 aliphatic rings. The van der Waals surface area contributed by atoms with E-state index in [0.717, 1.165) is 28.9 Å². The number of aryl methyl sites for hydroxylation is 1. The van der Waals surface area contributed by atoms with Crippen LogP contribution >= 0.6 is 39.7 Å². The van der Waals surface area contributed by atoms with Crippen LogP contribution in [0.4, 0.5) is 0 Å². The zero-order valence-electron chi connectivity index (χ0n) is 10.9. The molecule has 1 fully saturated rings. The molecule has 0 saturated carbocycles. The van der Waals surface area contributed by atoms with E-state index < -0.39 is 0 Å². The van der Waals surface area contributed by atoms with Crippen molar-refractivity contribution >= 4 is 45.6 Å². The van der Waals surface area contributed by atoms with Crippen molar-refractivity contribution in [3.05, 3.63) is 14.2 Å². The standard InChI is InChI=1S/C12H17BrN2O2S.ClH/c1-7-9(13)10(17-2)11(18-7)12(16)15-4-3-8(5-14)6-15;/h8H,3-6,14H2,1-2H3;1H. The predicted molar refractivity (Wildman–Crippen MR) is 83.6 cm³/mol. The lowest BCUT2D eigenvalue weighted by molar-refractivity contribution is 0.0789. The van der Waals surface area contributed by atoms with Crippen molar-refractivity contribution in [2.75, 3.05) is 26.7 Å². The molecule has 0 aliphatic carbocycles. The van der Waals surface area contributed by atoms with E-state index in [1.165, 1.54) is 11.3 Å². The third-order valence-electron chi connectivity index (χ3n) is 3.27. The van der Waals surface area contributed by atoms with Crippen LogP contribution in [0.15, 0.2) is 4.47 Å². The molecule has 0 radical (unpaired) electrons. The molecule has 1 amide bonds. The van der Waals surface area contributed by atoms with Gasteiger partial charge in [-0.2, -0.15) is 0 Å². The first-order chi connectivity index (χ1) is 8.58. The van der Waals surface area contributed by atoms with Gasteiger partial charge in [0.25, 0.3) is 5.91 Å². The maximum Gasteiger partial charge on any atom is 0.267 e. The van der Waals surface area contributed by atoms with Gasteiger partial charge in [0.15, 0.2) is 5.75 Å². The van der Waals surface area contributed by atoms with E-state index in [0.29, 0.717) is 23.1 Å². The van der Waals surface area contributed by atoms with Gasteiger partial charge in [-0.1, -0.05) is 0 Å². The molecule has 1 atom stereocenters. The average molecular weight is 370 g/mol. The van der Waals surface area contributed by atoms with Gasteiger partial charge in [-0.05, 0) is 41.7 Å². The number of hydrogen-bond donors (Lipinski definition) is 1. The quantitative estimate of drug-likeness (QED) is 0.891. The molecule has 4 nitrogen and oxygen atoms in total. The van der Waals surface area contributed by atoms with E-state index in [1.807, 2.05) is 11.8 Å². The molecular formula is C12H18BrClN2O2S. The first kappa shape index (κ1) is 16.8. The van der Waals surface area contributed by atoms with Crippen LogP contribution in [0.1, 0.15) is 21.0 Å². The summed E-state index contributed by atoms with van der Waals surface area (Å²) in [4.78, 5) is 16.1. The maximum atomic E-state index is 12.4. The third-order valence-corrected chi connectivity index (χ3v) is 5.57. The van der Waals surface area contributed by atoms with E-state index >= 15 is 0 Å². The summed E-state index contributed by atoms with van der Waals surface area (Å²) in [7, 11) is 1.59. The number of rotatable bonds is 3. The van der Waals surface area contributed by atoms with Gasteiger partial charge in [-0.3, -0.25) is 4.79 Å². The number of carbonyl (C=O) groups excluding carboxylic acids is 1. The maximum absolute atomic E-state index is 12.4. The van der Waals surface area contributed by atoms with Crippen LogP contribution in [0, 0.1) is 12.8 Å². The summed E-state index contributed by atoms with van der Waals surface area (Å²) in [5.41, 5.74) is 5.65. The van der Waals surface area contributed by atoms with E-state index in [-0.39, 0.29) is 18.3 Å². The largest absolute Gasteiger partial charge is 0.494 e. The zero-order valence-corrected chi connectivity index (χ0v) is 14.2. The monoisotopic (exact) mass is 368 g/mol. The van der Waals surface area contributed by atoms with Gasteiger partial charge in [0.1, 0.15) is 4.88 Å². The highest BCUT2D eigenvalue weighted by Crippen LogP contribution is 2.40. The lowest BCUT2D eigenvalue weighted by atomic mass is 10.1. The van der Waals surface area contributed by atoms with Crippen LogP contribution < -0.4 is 10.5 Å². The Morgan fingerprint density at radius 1 is 1.63 bits per heavy atom. The summed E-state index contributed by atoms with van der Waals surface area (Å²) >= 11 is 4.93. The highest BCUT2D eigenvalue weighted by atomic mass is 79.9. The molecule has 2 N–H and O–H groups in total. The van der Waals surface area contributed by atoms with Gasteiger partial charge in [-0.25, -0.2) is 0 Å². The number of nitrogens with zero attached hydrogens (tertiary/aromatic N) is 1.